The van der Waals surface area contributed by atoms with Crippen LogP contribution in [0, 0.1) is 13.8 Å². The number of thioether (sulfide) groups is 1. The Balaban J connectivity index is 1.52. The Bertz CT molecular complexity index is 961. The lowest BCUT2D eigenvalue weighted by Crippen LogP contribution is -2.29. The van der Waals surface area contributed by atoms with Gasteiger partial charge >= 0.3 is 0 Å². The third-order valence-corrected chi connectivity index (χ3v) is 6.07. The molecule has 3 aromatic rings. The molecule has 5 nitrogen and oxygen atoms in total. The summed E-state index contributed by atoms with van der Waals surface area (Å²) in [6, 6.07) is 9.48. The molecule has 0 spiro atoms. The number of aryl methyl sites for hydroxylation is 2. The van der Waals surface area contributed by atoms with Crippen LogP contribution in [-0.4, -0.2) is 29.0 Å². The summed E-state index contributed by atoms with van der Waals surface area (Å²) < 4.78 is 0. The van der Waals surface area contributed by atoms with Gasteiger partial charge in [-0.05, 0) is 37.6 Å². The van der Waals surface area contributed by atoms with Crippen LogP contribution in [-0.2, 0) is 5.75 Å². The first-order valence-electron chi connectivity index (χ1n) is 8.80. The van der Waals surface area contributed by atoms with E-state index >= 15 is 0 Å². The van der Waals surface area contributed by atoms with E-state index in [1.165, 1.54) is 0 Å². The highest BCUT2D eigenvalue weighted by Gasteiger charge is 2.12. The molecule has 2 N–H and O–H groups in total. The van der Waals surface area contributed by atoms with E-state index in [0.29, 0.717) is 29.5 Å². The van der Waals surface area contributed by atoms with Gasteiger partial charge in [-0.1, -0.05) is 23.7 Å². The smallest absolute Gasteiger partial charge is 0.252 e. The van der Waals surface area contributed by atoms with Gasteiger partial charge in [0.1, 0.15) is 5.82 Å². The molecule has 0 aliphatic carbocycles. The van der Waals surface area contributed by atoms with E-state index in [-0.39, 0.29) is 5.91 Å². The van der Waals surface area contributed by atoms with Crippen LogP contribution in [0.3, 0.4) is 0 Å². The Kier molecular flexibility index (Phi) is 7.30. The zero-order valence-corrected chi connectivity index (χ0v) is 18.0. The van der Waals surface area contributed by atoms with Crippen molar-refractivity contribution in [1.82, 2.24) is 15.3 Å². The normalized spacial score (nSPS) is 10.7. The van der Waals surface area contributed by atoms with E-state index in [9.17, 15) is 4.79 Å². The Morgan fingerprint density at radius 1 is 1.25 bits per heavy atom. The largest absolute Gasteiger partial charge is 0.367 e. The standard InChI is InChI=1S/C20H21ClN4OS2/c1-13-9-17(21)19(24-10-13)22-7-8-23-20(26)16-5-3-4-6-18(16)28-12-15-11-27-14(2)25-15/h3-6,9-11H,7-8,12H2,1-2H3,(H,22,24)(H,23,26). The minimum Gasteiger partial charge on any atom is -0.367 e. The molecular formula is C20H21ClN4OS2. The summed E-state index contributed by atoms with van der Waals surface area (Å²) in [6.07, 6.45) is 1.75. The number of hydrogen-bond acceptors (Lipinski definition) is 6. The highest BCUT2D eigenvalue weighted by molar-refractivity contribution is 7.98. The van der Waals surface area contributed by atoms with Gasteiger partial charge in [0.15, 0.2) is 0 Å². The van der Waals surface area contributed by atoms with E-state index in [2.05, 4.69) is 26.0 Å². The number of carbonyl (C=O) groups excluding carboxylic acids is 1. The van der Waals surface area contributed by atoms with E-state index in [0.717, 1.165) is 26.9 Å². The molecule has 0 aliphatic heterocycles. The molecule has 0 saturated heterocycles. The molecule has 0 aliphatic rings. The Morgan fingerprint density at radius 2 is 2.07 bits per heavy atom. The fourth-order valence-electron chi connectivity index (χ4n) is 2.52. The van der Waals surface area contributed by atoms with Crippen LogP contribution < -0.4 is 10.6 Å². The molecular weight excluding hydrogens is 412 g/mol. The molecule has 2 heterocycles. The quantitative estimate of drug-likeness (QED) is 0.389. The van der Waals surface area contributed by atoms with Crippen molar-refractivity contribution in [3.8, 4) is 0 Å². The highest BCUT2D eigenvalue weighted by atomic mass is 35.5. The minimum absolute atomic E-state index is 0.0951. The predicted molar refractivity (Wildman–Crippen MR) is 118 cm³/mol. The van der Waals surface area contributed by atoms with E-state index in [4.69, 9.17) is 11.6 Å². The number of thiazole rings is 1. The van der Waals surface area contributed by atoms with E-state index in [1.54, 1.807) is 29.3 Å². The van der Waals surface area contributed by atoms with Gasteiger partial charge in [-0.2, -0.15) is 0 Å². The zero-order chi connectivity index (χ0) is 19.9. The summed E-state index contributed by atoms with van der Waals surface area (Å²) in [5, 5.41) is 9.77. The highest BCUT2D eigenvalue weighted by Crippen LogP contribution is 2.27. The molecule has 3 rings (SSSR count). The lowest BCUT2D eigenvalue weighted by atomic mass is 10.2. The van der Waals surface area contributed by atoms with Crippen LogP contribution in [0.4, 0.5) is 5.82 Å². The van der Waals surface area contributed by atoms with Crippen LogP contribution in [0.15, 0.2) is 46.8 Å². The molecule has 0 radical (unpaired) electrons. The van der Waals surface area contributed by atoms with Gasteiger partial charge in [-0.3, -0.25) is 4.79 Å². The van der Waals surface area contributed by atoms with Crippen molar-refractivity contribution < 1.29 is 4.79 Å². The van der Waals surface area contributed by atoms with Gasteiger partial charge in [-0.25, -0.2) is 9.97 Å². The molecule has 1 amide bonds. The van der Waals surface area contributed by atoms with Crippen molar-refractivity contribution in [2.75, 3.05) is 18.4 Å². The average molecular weight is 433 g/mol. The lowest BCUT2D eigenvalue weighted by molar-refractivity contribution is 0.0952. The molecule has 2 aromatic heterocycles. The summed E-state index contributed by atoms with van der Waals surface area (Å²) in [6.45, 7) is 4.94. The molecule has 0 fully saturated rings. The van der Waals surface area contributed by atoms with Crippen LogP contribution in [0.2, 0.25) is 5.02 Å². The second-order valence-electron chi connectivity index (χ2n) is 6.17. The number of nitrogens with zero attached hydrogens (tertiary/aromatic N) is 2. The average Bonchev–Trinajstić information content (AvgIpc) is 3.10. The van der Waals surface area contributed by atoms with Crippen LogP contribution in [0.25, 0.3) is 0 Å². The van der Waals surface area contributed by atoms with Gasteiger partial charge in [0.25, 0.3) is 5.91 Å². The van der Waals surface area contributed by atoms with Gasteiger partial charge in [0.05, 0.1) is 21.3 Å². The SMILES string of the molecule is Cc1cnc(NCCNC(=O)c2ccccc2SCc2csc(C)n2)c(Cl)c1. The Hall–Kier alpha value is -2.09. The molecule has 8 heteroatoms. The Labute approximate surface area is 178 Å². The van der Waals surface area contributed by atoms with Gasteiger partial charge in [-0.15, -0.1) is 23.1 Å². The number of amides is 1. The molecule has 0 atom stereocenters. The van der Waals surface area contributed by atoms with Crippen molar-refractivity contribution in [1.29, 1.82) is 0 Å². The molecule has 0 unspecified atom stereocenters. The lowest BCUT2D eigenvalue weighted by Gasteiger charge is -2.11. The first-order chi connectivity index (χ1) is 13.5. The van der Waals surface area contributed by atoms with Gasteiger partial charge < -0.3 is 10.6 Å². The van der Waals surface area contributed by atoms with Crippen molar-refractivity contribution >= 4 is 46.4 Å². The summed E-state index contributed by atoms with van der Waals surface area (Å²) in [5.41, 5.74) is 2.71. The number of aromatic nitrogens is 2. The van der Waals surface area contributed by atoms with Crippen LogP contribution in [0.5, 0.6) is 0 Å². The maximum atomic E-state index is 12.6. The van der Waals surface area contributed by atoms with Crippen molar-refractivity contribution in [2.45, 2.75) is 24.5 Å². The fourth-order valence-corrected chi connectivity index (χ4v) is 4.47. The van der Waals surface area contributed by atoms with Crippen molar-refractivity contribution in [3.05, 3.63) is 68.8 Å². The second kappa shape index (κ2) is 9.91. The van der Waals surface area contributed by atoms with E-state index < -0.39 is 0 Å². The number of hydrogen-bond donors (Lipinski definition) is 2. The molecule has 146 valence electrons. The summed E-state index contributed by atoms with van der Waals surface area (Å²) >= 11 is 9.41. The number of pyridine rings is 1. The van der Waals surface area contributed by atoms with E-state index in [1.807, 2.05) is 44.2 Å². The molecule has 1 aromatic carbocycles. The number of rotatable bonds is 8. The molecule has 0 saturated carbocycles. The second-order valence-corrected chi connectivity index (χ2v) is 8.66. The molecule has 28 heavy (non-hydrogen) atoms. The third-order valence-electron chi connectivity index (χ3n) is 3.85. The number of halogens is 1. The summed E-state index contributed by atoms with van der Waals surface area (Å²) in [4.78, 5) is 22.3. The minimum atomic E-state index is -0.0951. The monoisotopic (exact) mass is 432 g/mol. The first kappa shape index (κ1) is 20.6. The summed E-state index contributed by atoms with van der Waals surface area (Å²) in [5.74, 6) is 1.27. The first-order valence-corrected chi connectivity index (χ1v) is 11.0. The zero-order valence-electron chi connectivity index (χ0n) is 15.7. The maximum absolute atomic E-state index is 12.6. The predicted octanol–water partition coefficient (Wildman–Crippen LogP) is 4.94. The van der Waals surface area contributed by atoms with Crippen LogP contribution >= 0.6 is 34.7 Å². The van der Waals surface area contributed by atoms with Gasteiger partial charge in [0.2, 0.25) is 0 Å². The van der Waals surface area contributed by atoms with Gasteiger partial charge in [0, 0.05) is 35.3 Å². The molecule has 0 bridgehead atoms. The third kappa shape index (κ3) is 5.70. The van der Waals surface area contributed by atoms with Crippen LogP contribution in [0.1, 0.15) is 26.6 Å². The summed E-state index contributed by atoms with van der Waals surface area (Å²) in [7, 11) is 0. The number of benzene rings is 1. The van der Waals surface area contributed by atoms with Crippen molar-refractivity contribution in [2.24, 2.45) is 0 Å². The Morgan fingerprint density at radius 3 is 2.82 bits per heavy atom. The number of anilines is 1. The topological polar surface area (TPSA) is 66.9 Å². The number of nitrogens with one attached hydrogen (secondary N) is 2. The van der Waals surface area contributed by atoms with Crippen molar-refractivity contribution in [3.63, 3.8) is 0 Å². The number of carbonyl (C=O) groups is 1. The maximum Gasteiger partial charge on any atom is 0.252 e. The fraction of sp³-hybridized carbons (Fsp3) is 0.250.